The van der Waals surface area contributed by atoms with Crippen LogP contribution >= 0.6 is 0 Å². The Hall–Kier alpha value is -3.70. The van der Waals surface area contributed by atoms with Crippen molar-refractivity contribution in [3.8, 4) is 28.8 Å². The highest BCUT2D eigenvalue weighted by molar-refractivity contribution is 5.83. The highest BCUT2D eigenvalue weighted by Crippen LogP contribution is 2.41. The van der Waals surface area contributed by atoms with Crippen molar-refractivity contribution in [2.45, 2.75) is 24.4 Å². The van der Waals surface area contributed by atoms with Gasteiger partial charge >= 0.3 is 0 Å². The number of methoxy groups -OCH3 is 3. The number of likely N-dealkylation sites (tertiary alicyclic amines) is 1. The van der Waals surface area contributed by atoms with Gasteiger partial charge in [0, 0.05) is 25.3 Å². The minimum Gasteiger partial charge on any atom is -0.493 e. The van der Waals surface area contributed by atoms with Gasteiger partial charge in [0.15, 0.2) is 11.5 Å². The van der Waals surface area contributed by atoms with Crippen molar-refractivity contribution < 1.29 is 23.5 Å². The summed E-state index contributed by atoms with van der Waals surface area (Å²) in [6.07, 6.45) is 2.27. The number of amides is 1. The minimum atomic E-state index is -0.350. The van der Waals surface area contributed by atoms with Gasteiger partial charge in [0.2, 0.25) is 23.4 Å². The third-order valence-corrected chi connectivity index (χ3v) is 6.17. The van der Waals surface area contributed by atoms with E-state index in [4.69, 9.17) is 18.7 Å². The van der Waals surface area contributed by atoms with Gasteiger partial charge in [-0.05, 0) is 36.2 Å². The second-order valence-corrected chi connectivity index (χ2v) is 8.20. The normalized spacial score (nSPS) is 20.1. The molecule has 2 aliphatic rings. The molecule has 0 radical (unpaired) electrons. The number of hydrazine groups is 1. The van der Waals surface area contributed by atoms with E-state index in [1.54, 1.807) is 32.4 Å². The van der Waals surface area contributed by atoms with Gasteiger partial charge in [-0.3, -0.25) is 9.78 Å². The lowest BCUT2D eigenvalue weighted by Gasteiger charge is -2.38. The van der Waals surface area contributed by atoms with Crippen molar-refractivity contribution >= 4 is 5.91 Å². The highest BCUT2D eigenvalue weighted by Gasteiger charge is 2.41. The van der Waals surface area contributed by atoms with Crippen LogP contribution in [0.25, 0.3) is 11.5 Å². The van der Waals surface area contributed by atoms with Crippen molar-refractivity contribution in [1.29, 1.82) is 0 Å². The molecular weight excluding hydrogens is 440 g/mol. The fourth-order valence-corrected chi connectivity index (χ4v) is 4.27. The number of rotatable bonds is 7. The van der Waals surface area contributed by atoms with E-state index in [9.17, 15) is 4.79 Å². The Balaban J connectivity index is 1.20. The molecule has 2 unspecified atom stereocenters. The monoisotopic (exact) mass is 466 g/mol. The summed E-state index contributed by atoms with van der Waals surface area (Å²) in [4.78, 5) is 23.5. The summed E-state index contributed by atoms with van der Waals surface area (Å²) < 4.78 is 21.7. The number of carbonyl (C=O) groups is 1. The van der Waals surface area contributed by atoms with Crippen LogP contribution in [0.15, 0.2) is 41.1 Å². The summed E-state index contributed by atoms with van der Waals surface area (Å²) in [5.74, 6) is 2.71. The standard InChI is InChI=1S/C23H26N6O5/c1-31-18-8-13(9-19(32-2)20(18)33-3)16-10-17(27-26-16)23(30)29-11-14(12-29)22-25-21(28-34-22)15-6-4-5-7-24-15/h4-9,14,16-17,26-27H,10-12H2,1-3H3. The number of ether oxygens (including phenoxy) is 3. The number of nitrogens with one attached hydrogen (secondary N) is 2. The van der Waals surface area contributed by atoms with Crippen LogP contribution in [-0.4, -0.2) is 66.4 Å². The Morgan fingerprint density at radius 3 is 2.50 bits per heavy atom. The molecule has 2 fully saturated rings. The van der Waals surface area contributed by atoms with Gasteiger partial charge in [0.25, 0.3) is 0 Å². The maximum Gasteiger partial charge on any atom is 0.241 e. The lowest BCUT2D eigenvalue weighted by molar-refractivity contribution is -0.138. The number of hydrogen-bond donors (Lipinski definition) is 2. The number of nitrogens with zero attached hydrogens (tertiary/aromatic N) is 4. The van der Waals surface area contributed by atoms with Crippen LogP contribution in [-0.2, 0) is 4.79 Å². The van der Waals surface area contributed by atoms with Gasteiger partial charge in [0.05, 0.1) is 27.2 Å². The smallest absolute Gasteiger partial charge is 0.241 e. The number of aromatic nitrogens is 3. The molecule has 5 rings (SSSR count). The molecule has 11 nitrogen and oxygen atoms in total. The van der Waals surface area contributed by atoms with Crippen LogP contribution < -0.4 is 25.1 Å². The molecule has 2 saturated heterocycles. The molecule has 1 aromatic carbocycles. The summed E-state index contributed by atoms with van der Waals surface area (Å²) in [5, 5.41) is 4.02. The largest absolute Gasteiger partial charge is 0.493 e. The predicted octanol–water partition coefficient (Wildman–Crippen LogP) is 1.69. The molecular formula is C23H26N6O5. The minimum absolute atomic E-state index is 0.0224. The van der Waals surface area contributed by atoms with Crippen LogP contribution in [0.1, 0.15) is 29.8 Å². The number of pyridine rings is 1. The van der Waals surface area contributed by atoms with E-state index in [0.717, 1.165) is 5.56 Å². The average Bonchev–Trinajstić information content (AvgIpc) is 3.53. The van der Waals surface area contributed by atoms with E-state index in [0.29, 0.717) is 54.2 Å². The lowest BCUT2D eigenvalue weighted by atomic mass is 9.96. The molecule has 178 valence electrons. The average molecular weight is 466 g/mol. The van der Waals surface area contributed by atoms with E-state index >= 15 is 0 Å². The first kappa shape index (κ1) is 22.1. The Bertz CT molecular complexity index is 1140. The fourth-order valence-electron chi connectivity index (χ4n) is 4.27. The van der Waals surface area contributed by atoms with Crippen molar-refractivity contribution in [2.75, 3.05) is 34.4 Å². The number of benzene rings is 1. The van der Waals surface area contributed by atoms with Gasteiger partial charge in [-0.1, -0.05) is 11.2 Å². The first-order chi connectivity index (χ1) is 16.6. The van der Waals surface area contributed by atoms with Gasteiger partial charge in [0.1, 0.15) is 11.7 Å². The lowest BCUT2D eigenvalue weighted by Crippen LogP contribution is -2.54. The molecule has 2 aromatic heterocycles. The molecule has 3 aromatic rings. The third-order valence-electron chi connectivity index (χ3n) is 6.17. The molecule has 0 aliphatic carbocycles. The Labute approximate surface area is 196 Å². The zero-order valence-corrected chi connectivity index (χ0v) is 19.1. The first-order valence-corrected chi connectivity index (χ1v) is 11.0. The molecule has 2 atom stereocenters. The molecule has 4 heterocycles. The number of hydrogen-bond acceptors (Lipinski definition) is 10. The summed E-state index contributed by atoms with van der Waals surface area (Å²) in [6, 6.07) is 8.88. The molecule has 0 bridgehead atoms. The predicted molar refractivity (Wildman–Crippen MR) is 120 cm³/mol. The second-order valence-electron chi connectivity index (χ2n) is 8.20. The molecule has 2 aliphatic heterocycles. The van der Waals surface area contributed by atoms with Crippen LogP contribution in [0.5, 0.6) is 17.2 Å². The van der Waals surface area contributed by atoms with Crippen molar-refractivity contribution in [3.05, 3.63) is 48.0 Å². The summed E-state index contributed by atoms with van der Waals surface area (Å²) in [5.41, 5.74) is 7.93. The second kappa shape index (κ2) is 9.27. The first-order valence-electron chi connectivity index (χ1n) is 11.0. The Morgan fingerprint density at radius 1 is 1.09 bits per heavy atom. The molecule has 0 saturated carbocycles. The van der Waals surface area contributed by atoms with Gasteiger partial charge < -0.3 is 23.6 Å². The van der Waals surface area contributed by atoms with Crippen LogP contribution in [0, 0.1) is 0 Å². The van der Waals surface area contributed by atoms with Crippen LogP contribution in [0.2, 0.25) is 0 Å². The van der Waals surface area contributed by atoms with E-state index < -0.39 is 0 Å². The van der Waals surface area contributed by atoms with Crippen LogP contribution in [0.4, 0.5) is 0 Å². The van der Waals surface area contributed by atoms with E-state index in [-0.39, 0.29) is 23.9 Å². The Morgan fingerprint density at radius 2 is 1.85 bits per heavy atom. The summed E-state index contributed by atoms with van der Waals surface area (Å²) in [6.45, 7) is 1.07. The van der Waals surface area contributed by atoms with E-state index in [1.165, 1.54) is 0 Å². The topological polar surface area (TPSA) is 124 Å². The van der Waals surface area contributed by atoms with Gasteiger partial charge in [-0.15, -0.1) is 0 Å². The Kier molecular flexibility index (Phi) is 6.03. The van der Waals surface area contributed by atoms with Crippen molar-refractivity contribution in [1.82, 2.24) is 30.9 Å². The van der Waals surface area contributed by atoms with Gasteiger partial charge in [-0.25, -0.2) is 10.9 Å². The zero-order valence-electron chi connectivity index (χ0n) is 19.1. The number of carbonyl (C=O) groups excluding carboxylic acids is 1. The quantitative estimate of drug-likeness (QED) is 0.532. The summed E-state index contributed by atoms with van der Waals surface area (Å²) in [7, 11) is 4.73. The van der Waals surface area contributed by atoms with Crippen molar-refractivity contribution in [2.24, 2.45) is 0 Å². The molecule has 0 spiro atoms. The van der Waals surface area contributed by atoms with Crippen molar-refractivity contribution in [3.63, 3.8) is 0 Å². The fraction of sp³-hybridized carbons (Fsp3) is 0.391. The van der Waals surface area contributed by atoms with Crippen LogP contribution in [0.3, 0.4) is 0 Å². The maximum absolute atomic E-state index is 13.0. The maximum atomic E-state index is 13.0. The molecule has 1 amide bonds. The summed E-state index contributed by atoms with van der Waals surface area (Å²) >= 11 is 0. The zero-order chi connectivity index (χ0) is 23.7. The SMILES string of the molecule is COc1cc(C2CC(C(=O)N3CC(c4nc(-c5ccccn5)no4)C3)NN2)cc(OC)c1OC. The van der Waals surface area contributed by atoms with E-state index in [2.05, 4.69) is 26.0 Å². The van der Waals surface area contributed by atoms with E-state index in [1.807, 2.05) is 30.3 Å². The molecule has 11 heteroatoms. The third kappa shape index (κ3) is 4.03. The highest BCUT2D eigenvalue weighted by atomic mass is 16.5. The molecule has 2 N–H and O–H groups in total. The van der Waals surface area contributed by atoms with Gasteiger partial charge in [-0.2, -0.15) is 4.98 Å². The molecule has 34 heavy (non-hydrogen) atoms.